The fraction of sp³-hybridized carbons (Fsp3) is 0.467. The second-order valence-corrected chi connectivity index (χ2v) is 4.42. The number of hydrogen-bond acceptors (Lipinski definition) is 5. The molecule has 1 aromatic rings. The Morgan fingerprint density at radius 3 is 2.15 bits per heavy atom. The molecule has 1 aliphatic rings. The smallest absolute Gasteiger partial charge is 0.203 e. The molecule has 1 aromatic carbocycles. The molecule has 0 spiro atoms. The summed E-state index contributed by atoms with van der Waals surface area (Å²) in [4.78, 5) is 0. The van der Waals surface area contributed by atoms with Crippen LogP contribution in [0.25, 0.3) is 0 Å². The highest BCUT2D eigenvalue weighted by molar-refractivity contribution is 5.55. The van der Waals surface area contributed by atoms with E-state index >= 15 is 0 Å². The molecule has 2 rings (SSSR count). The molecule has 110 valence electrons. The first-order valence-electron chi connectivity index (χ1n) is 6.55. The minimum atomic E-state index is -0.0220. The van der Waals surface area contributed by atoms with Gasteiger partial charge in [0.2, 0.25) is 5.75 Å². The van der Waals surface area contributed by atoms with Gasteiger partial charge < -0.3 is 24.3 Å². The quantitative estimate of drug-likeness (QED) is 0.865. The maximum atomic E-state index is 5.65. The number of benzene rings is 1. The second-order valence-electron chi connectivity index (χ2n) is 4.42. The number of hydrogen-bond donors (Lipinski definition) is 1. The Hall–Kier alpha value is -1.88. The van der Waals surface area contributed by atoms with Gasteiger partial charge in [-0.3, -0.25) is 0 Å². The van der Waals surface area contributed by atoms with Crippen LogP contribution >= 0.6 is 0 Å². The van der Waals surface area contributed by atoms with Crippen molar-refractivity contribution in [3.63, 3.8) is 0 Å². The molecule has 0 radical (unpaired) electrons. The van der Waals surface area contributed by atoms with Gasteiger partial charge in [0.25, 0.3) is 0 Å². The first-order valence-corrected chi connectivity index (χ1v) is 6.55. The first kappa shape index (κ1) is 14.5. The third kappa shape index (κ3) is 2.67. The van der Waals surface area contributed by atoms with Crippen molar-refractivity contribution in [3.8, 4) is 17.2 Å². The van der Waals surface area contributed by atoms with Crippen molar-refractivity contribution in [2.75, 3.05) is 35.0 Å². The summed E-state index contributed by atoms with van der Waals surface area (Å²) in [5.41, 5.74) is 1.01. The van der Waals surface area contributed by atoms with E-state index in [2.05, 4.69) is 11.4 Å². The molecule has 1 aliphatic heterocycles. The zero-order valence-electron chi connectivity index (χ0n) is 12.4. The van der Waals surface area contributed by atoms with E-state index in [1.165, 1.54) is 0 Å². The summed E-state index contributed by atoms with van der Waals surface area (Å²) in [6, 6.07) is 3.85. The van der Waals surface area contributed by atoms with Crippen molar-refractivity contribution in [2.24, 2.45) is 0 Å². The van der Waals surface area contributed by atoms with Gasteiger partial charge >= 0.3 is 0 Å². The largest absolute Gasteiger partial charge is 0.496 e. The van der Waals surface area contributed by atoms with Gasteiger partial charge in [-0.05, 0) is 30.8 Å². The Bertz CT molecular complexity index is 474. The molecular weight excluding hydrogens is 258 g/mol. The van der Waals surface area contributed by atoms with Gasteiger partial charge in [0, 0.05) is 6.42 Å². The lowest BCUT2D eigenvalue weighted by atomic mass is 10.0. The monoisotopic (exact) mass is 279 g/mol. The van der Waals surface area contributed by atoms with Gasteiger partial charge in [-0.15, -0.1) is 0 Å². The third-order valence-electron chi connectivity index (χ3n) is 3.33. The maximum absolute atomic E-state index is 5.65. The van der Waals surface area contributed by atoms with Gasteiger partial charge in [0.05, 0.1) is 34.0 Å². The molecule has 1 unspecified atom stereocenters. The van der Waals surface area contributed by atoms with Crippen LogP contribution in [0.3, 0.4) is 0 Å². The molecule has 5 heteroatoms. The molecule has 0 amide bonds. The normalized spacial score (nSPS) is 15.3. The van der Waals surface area contributed by atoms with E-state index < -0.39 is 0 Å². The highest BCUT2D eigenvalue weighted by atomic mass is 16.5. The Kier molecular flexibility index (Phi) is 4.74. The molecule has 1 heterocycles. The Balaban J connectivity index is 2.44. The second kappa shape index (κ2) is 6.52. The van der Waals surface area contributed by atoms with Gasteiger partial charge in [-0.25, -0.2) is 0 Å². The topological polar surface area (TPSA) is 49.0 Å². The predicted octanol–water partition coefficient (Wildman–Crippen LogP) is 2.28. The molecule has 1 N–H and O–H groups in total. The van der Waals surface area contributed by atoms with Crippen molar-refractivity contribution >= 4 is 0 Å². The average Bonchev–Trinajstić information content (AvgIpc) is 3.00. The van der Waals surface area contributed by atoms with Crippen LogP contribution in [0, 0.1) is 0 Å². The summed E-state index contributed by atoms with van der Waals surface area (Å²) >= 11 is 0. The average molecular weight is 279 g/mol. The van der Waals surface area contributed by atoms with E-state index in [-0.39, 0.29) is 6.04 Å². The third-order valence-corrected chi connectivity index (χ3v) is 3.33. The Morgan fingerprint density at radius 2 is 1.75 bits per heavy atom. The first-order chi connectivity index (χ1) is 9.74. The van der Waals surface area contributed by atoms with E-state index in [1.54, 1.807) is 21.3 Å². The van der Waals surface area contributed by atoms with Crippen LogP contribution in [0.5, 0.6) is 17.2 Å². The van der Waals surface area contributed by atoms with Crippen LogP contribution in [0.2, 0.25) is 0 Å². The zero-order valence-corrected chi connectivity index (χ0v) is 12.4. The number of nitrogens with one attached hydrogen (secondary N) is 1. The van der Waals surface area contributed by atoms with E-state index in [4.69, 9.17) is 18.9 Å². The molecule has 1 atom stereocenters. The van der Waals surface area contributed by atoms with Crippen molar-refractivity contribution in [1.82, 2.24) is 5.32 Å². The summed E-state index contributed by atoms with van der Waals surface area (Å²) in [6.45, 7) is 0.734. The predicted molar refractivity (Wildman–Crippen MR) is 76.6 cm³/mol. The molecular formula is C15H21NO4. The van der Waals surface area contributed by atoms with Crippen LogP contribution in [-0.2, 0) is 4.74 Å². The van der Waals surface area contributed by atoms with Gasteiger partial charge in [-0.1, -0.05) is 0 Å². The lowest BCUT2D eigenvalue weighted by molar-refractivity contribution is 0.217. The van der Waals surface area contributed by atoms with Crippen LogP contribution in [0.15, 0.2) is 24.0 Å². The zero-order chi connectivity index (χ0) is 14.5. The molecule has 5 nitrogen and oxygen atoms in total. The van der Waals surface area contributed by atoms with Crippen molar-refractivity contribution < 1.29 is 18.9 Å². The van der Waals surface area contributed by atoms with Crippen LogP contribution in [0.4, 0.5) is 0 Å². The van der Waals surface area contributed by atoms with Crippen molar-refractivity contribution in [3.05, 3.63) is 29.5 Å². The fourth-order valence-corrected chi connectivity index (χ4v) is 2.38. The standard InChI is InChI=1S/C15H21NO4/c1-16-14(11-6-5-7-20-11)10-8-12(17-2)15(19-4)13(9-10)18-3/h6,8-9,14,16H,5,7H2,1-4H3. The van der Waals surface area contributed by atoms with Gasteiger partial charge in [-0.2, -0.15) is 0 Å². The van der Waals surface area contributed by atoms with Crippen molar-refractivity contribution in [2.45, 2.75) is 12.5 Å². The number of rotatable bonds is 6. The SMILES string of the molecule is CNC(C1=CCCO1)c1cc(OC)c(OC)c(OC)c1. The Labute approximate surface area is 119 Å². The Morgan fingerprint density at radius 1 is 1.10 bits per heavy atom. The summed E-state index contributed by atoms with van der Waals surface area (Å²) in [5, 5.41) is 3.26. The van der Waals surface area contributed by atoms with E-state index in [0.29, 0.717) is 17.2 Å². The fourth-order valence-electron chi connectivity index (χ4n) is 2.38. The number of likely N-dealkylation sites (N-methyl/N-ethyl adjacent to an activating group) is 1. The minimum absolute atomic E-state index is 0.0220. The van der Waals surface area contributed by atoms with Crippen LogP contribution in [-0.4, -0.2) is 35.0 Å². The molecule has 0 saturated carbocycles. The summed E-state index contributed by atoms with van der Waals surface area (Å²) in [7, 11) is 6.72. The number of ether oxygens (including phenoxy) is 4. The van der Waals surface area contributed by atoms with E-state index in [0.717, 1.165) is 24.4 Å². The molecule has 0 fully saturated rings. The highest BCUT2D eigenvalue weighted by Gasteiger charge is 2.23. The highest BCUT2D eigenvalue weighted by Crippen LogP contribution is 2.41. The minimum Gasteiger partial charge on any atom is -0.496 e. The van der Waals surface area contributed by atoms with Gasteiger partial charge in [0.15, 0.2) is 11.5 Å². The lowest BCUT2D eigenvalue weighted by Crippen LogP contribution is -2.19. The van der Waals surface area contributed by atoms with Crippen LogP contribution < -0.4 is 19.5 Å². The summed E-state index contributed by atoms with van der Waals surface area (Å²) in [5.74, 6) is 2.80. The molecule has 0 aliphatic carbocycles. The van der Waals surface area contributed by atoms with Crippen molar-refractivity contribution in [1.29, 1.82) is 0 Å². The molecule has 0 aromatic heterocycles. The summed E-state index contributed by atoms with van der Waals surface area (Å²) < 4.78 is 21.8. The van der Waals surface area contributed by atoms with Gasteiger partial charge in [0.1, 0.15) is 5.76 Å². The summed E-state index contributed by atoms with van der Waals surface area (Å²) in [6.07, 6.45) is 3.04. The molecule has 0 saturated heterocycles. The maximum Gasteiger partial charge on any atom is 0.203 e. The van der Waals surface area contributed by atoms with Crippen LogP contribution in [0.1, 0.15) is 18.0 Å². The lowest BCUT2D eigenvalue weighted by Gasteiger charge is -2.21. The molecule has 20 heavy (non-hydrogen) atoms. The van der Waals surface area contributed by atoms with E-state index in [1.807, 2.05) is 19.2 Å². The van der Waals surface area contributed by atoms with E-state index in [9.17, 15) is 0 Å². The number of methoxy groups -OCH3 is 3. The molecule has 0 bridgehead atoms.